The Morgan fingerprint density at radius 1 is 1.40 bits per heavy atom. The molecule has 1 aromatic carbocycles. The number of nitrogens with zero attached hydrogens (tertiary/aromatic N) is 1. The molecule has 0 fully saturated rings. The Hall–Kier alpha value is -1.63. The number of hydrogen-bond donors (Lipinski definition) is 2. The summed E-state index contributed by atoms with van der Waals surface area (Å²) in [7, 11) is -3.37. The van der Waals surface area contributed by atoms with E-state index in [0.717, 1.165) is 6.26 Å². The fraction of sp³-hybridized carbons (Fsp3) is 0.462. The van der Waals surface area contributed by atoms with E-state index in [1.807, 2.05) is 0 Å². The average Bonchev–Trinajstić information content (AvgIpc) is 2.34. The molecule has 1 aliphatic heterocycles. The third-order valence-corrected chi connectivity index (χ3v) is 5.98. The standard InChI is InChI=1S/C13H18FN3O2S/c1-13(20(2,18)19)6-5-11(17-12(13)16)9-7-8(15)3-4-10(9)14/h3-4,7,11H,5-6,15H2,1-2H3,(H2,16,17)/t11-,13-/m0/s1. The van der Waals surface area contributed by atoms with Crippen LogP contribution in [-0.2, 0) is 9.84 Å². The van der Waals surface area contributed by atoms with E-state index >= 15 is 0 Å². The number of sulfone groups is 1. The van der Waals surface area contributed by atoms with Crippen molar-refractivity contribution in [2.24, 2.45) is 10.7 Å². The van der Waals surface area contributed by atoms with Crippen LogP contribution in [0.2, 0.25) is 0 Å². The SMILES string of the molecule is C[C@]1(S(C)(=O)=O)CC[C@@H](c2cc(N)ccc2F)N=C1N. The van der Waals surface area contributed by atoms with Gasteiger partial charge in [-0.1, -0.05) is 0 Å². The van der Waals surface area contributed by atoms with Crippen molar-refractivity contribution in [2.45, 2.75) is 30.6 Å². The highest BCUT2D eigenvalue weighted by molar-refractivity contribution is 7.92. The molecule has 110 valence electrons. The molecule has 1 aromatic rings. The molecule has 0 radical (unpaired) electrons. The lowest BCUT2D eigenvalue weighted by atomic mass is 9.91. The predicted octanol–water partition coefficient (Wildman–Crippen LogP) is 1.40. The molecule has 0 unspecified atom stereocenters. The number of nitrogen functional groups attached to an aromatic ring is 1. The molecule has 2 atom stereocenters. The van der Waals surface area contributed by atoms with E-state index in [1.165, 1.54) is 18.2 Å². The molecule has 1 heterocycles. The lowest BCUT2D eigenvalue weighted by Gasteiger charge is -2.33. The minimum atomic E-state index is -3.37. The van der Waals surface area contributed by atoms with Crippen LogP contribution in [0, 0.1) is 5.82 Å². The lowest BCUT2D eigenvalue weighted by Crippen LogP contribution is -2.49. The van der Waals surface area contributed by atoms with Gasteiger partial charge >= 0.3 is 0 Å². The van der Waals surface area contributed by atoms with Crippen LogP contribution in [0.5, 0.6) is 0 Å². The fourth-order valence-corrected chi connectivity index (χ4v) is 3.25. The van der Waals surface area contributed by atoms with E-state index < -0.39 is 26.4 Å². The molecule has 0 saturated heterocycles. The Labute approximate surface area is 117 Å². The van der Waals surface area contributed by atoms with Gasteiger partial charge in [-0.15, -0.1) is 0 Å². The van der Waals surface area contributed by atoms with E-state index in [0.29, 0.717) is 24.1 Å². The first-order valence-corrected chi connectivity index (χ1v) is 8.12. The molecule has 20 heavy (non-hydrogen) atoms. The summed E-state index contributed by atoms with van der Waals surface area (Å²) in [4.78, 5) is 4.19. The number of anilines is 1. The van der Waals surface area contributed by atoms with Crippen molar-refractivity contribution in [3.05, 3.63) is 29.6 Å². The minimum Gasteiger partial charge on any atom is -0.399 e. The number of aliphatic imine (C=N–C) groups is 1. The van der Waals surface area contributed by atoms with Gasteiger partial charge in [0.25, 0.3) is 0 Å². The Morgan fingerprint density at radius 3 is 2.60 bits per heavy atom. The van der Waals surface area contributed by atoms with Crippen molar-refractivity contribution in [3.8, 4) is 0 Å². The first-order valence-electron chi connectivity index (χ1n) is 6.23. The van der Waals surface area contributed by atoms with Crippen molar-refractivity contribution in [2.75, 3.05) is 12.0 Å². The predicted molar refractivity (Wildman–Crippen MR) is 77.7 cm³/mol. The van der Waals surface area contributed by atoms with Crippen molar-refractivity contribution in [1.82, 2.24) is 0 Å². The van der Waals surface area contributed by atoms with Gasteiger partial charge in [0.05, 0.1) is 6.04 Å². The molecule has 0 saturated carbocycles. The Morgan fingerprint density at radius 2 is 2.05 bits per heavy atom. The molecule has 4 N–H and O–H groups in total. The Kier molecular flexibility index (Phi) is 3.49. The summed E-state index contributed by atoms with van der Waals surface area (Å²) in [5, 5.41) is 0. The van der Waals surface area contributed by atoms with Gasteiger partial charge in [-0.3, -0.25) is 4.99 Å². The zero-order chi connectivity index (χ0) is 15.1. The average molecular weight is 299 g/mol. The quantitative estimate of drug-likeness (QED) is 0.806. The van der Waals surface area contributed by atoms with Crippen LogP contribution in [0.1, 0.15) is 31.4 Å². The maximum Gasteiger partial charge on any atom is 0.160 e. The second-order valence-electron chi connectivity index (χ2n) is 5.35. The Bertz CT molecular complexity index is 672. The monoisotopic (exact) mass is 299 g/mol. The normalized spacial score (nSPS) is 27.1. The summed E-state index contributed by atoms with van der Waals surface area (Å²) in [5.41, 5.74) is 12.3. The van der Waals surface area contributed by atoms with Gasteiger partial charge < -0.3 is 11.5 Å². The van der Waals surface area contributed by atoms with Crippen LogP contribution < -0.4 is 11.5 Å². The topological polar surface area (TPSA) is 98.5 Å². The van der Waals surface area contributed by atoms with Crippen LogP contribution in [0.4, 0.5) is 10.1 Å². The second kappa shape index (κ2) is 4.73. The van der Waals surface area contributed by atoms with Gasteiger partial charge in [-0.25, -0.2) is 12.8 Å². The van der Waals surface area contributed by atoms with Gasteiger partial charge in [-0.05, 0) is 38.0 Å². The fourth-order valence-electron chi connectivity index (χ4n) is 2.33. The van der Waals surface area contributed by atoms with E-state index in [-0.39, 0.29) is 5.84 Å². The lowest BCUT2D eigenvalue weighted by molar-refractivity contribution is 0.492. The van der Waals surface area contributed by atoms with Gasteiger partial charge in [0.15, 0.2) is 9.84 Å². The molecule has 0 amide bonds. The number of hydrogen-bond acceptors (Lipinski definition) is 5. The van der Waals surface area contributed by atoms with Crippen LogP contribution in [0.15, 0.2) is 23.2 Å². The second-order valence-corrected chi connectivity index (χ2v) is 7.80. The molecule has 0 aromatic heterocycles. The van der Waals surface area contributed by atoms with E-state index in [9.17, 15) is 12.8 Å². The molecule has 2 rings (SSSR count). The number of rotatable bonds is 2. The zero-order valence-corrected chi connectivity index (χ0v) is 12.2. The maximum absolute atomic E-state index is 13.8. The smallest absolute Gasteiger partial charge is 0.160 e. The van der Waals surface area contributed by atoms with Gasteiger partial charge in [0.2, 0.25) is 0 Å². The molecule has 0 spiro atoms. The van der Waals surface area contributed by atoms with Gasteiger partial charge in [-0.2, -0.15) is 0 Å². The highest BCUT2D eigenvalue weighted by Crippen LogP contribution is 2.36. The molecule has 5 nitrogen and oxygen atoms in total. The highest BCUT2D eigenvalue weighted by Gasteiger charge is 2.43. The molecule has 0 bridgehead atoms. The van der Waals surface area contributed by atoms with Crippen LogP contribution >= 0.6 is 0 Å². The highest BCUT2D eigenvalue weighted by atomic mass is 32.2. The number of benzene rings is 1. The van der Waals surface area contributed by atoms with E-state index in [2.05, 4.69) is 4.99 Å². The molecular weight excluding hydrogens is 281 g/mol. The summed E-state index contributed by atoms with van der Waals surface area (Å²) in [5.74, 6) is -0.387. The first-order chi connectivity index (χ1) is 9.15. The van der Waals surface area contributed by atoms with Crippen molar-refractivity contribution >= 4 is 21.4 Å². The van der Waals surface area contributed by atoms with E-state index in [1.54, 1.807) is 6.92 Å². The zero-order valence-electron chi connectivity index (χ0n) is 11.4. The summed E-state index contributed by atoms with van der Waals surface area (Å²) in [6.45, 7) is 1.55. The van der Waals surface area contributed by atoms with Crippen LogP contribution in [0.3, 0.4) is 0 Å². The molecule has 1 aliphatic rings. The largest absolute Gasteiger partial charge is 0.399 e. The summed E-state index contributed by atoms with van der Waals surface area (Å²) >= 11 is 0. The maximum atomic E-state index is 13.8. The third-order valence-electron chi connectivity index (χ3n) is 3.93. The van der Waals surface area contributed by atoms with Crippen molar-refractivity contribution < 1.29 is 12.8 Å². The first kappa shape index (κ1) is 14.8. The summed E-state index contributed by atoms with van der Waals surface area (Å²) in [6.07, 6.45) is 1.85. The van der Waals surface area contributed by atoms with Gasteiger partial charge in [0.1, 0.15) is 16.4 Å². The van der Waals surface area contributed by atoms with Crippen molar-refractivity contribution in [1.29, 1.82) is 0 Å². The third kappa shape index (κ3) is 2.37. The van der Waals surface area contributed by atoms with Crippen LogP contribution in [-0.4, -0.2) is 25.3 Å². The van der Waals surface area contributed by atoms with E-state index in [4.69, 9.17) is 11.5 Å². The number of amidine groups is 1. The van der Waals surface area contributed by atoms with Gasteiger partial charge in [0, 0.05) is 17.5 Å². The molecule has 0 aliphatic carbocycles. The summed E-state index contributed by atoms with van der Waals surface area (Å²) < 4.78 is 36.3. The van der Waals surface area contributed by atoms with Crippen molar-refractivity contribution in [3.63, 3.8) is 0 Å². The minimum absolute atomic E-state index is 0.0260. The molecular formula is C13H18FN3O2S. The Balaban J connectivity index is 2.43. The molecule has 7 heteroatoms. The number of nitrogens with two attached hydrogens (primary N) is 2. The van der Waals surface area contributed by atoms with Crippen LogP contribution in [0.25, 0.3) is 0 Å². The summed E-state index contributed by atoms with van der Waals surface area (Å²) in [6, 6.07) is 3.77. The number of halogens is 1.